The van der Waals surface area contributed by atoms with Gasteiger partial charge in [0.2, 0.25) is 15.9 Å². The van der Waals surface area contributed by atoms with Crippen LogP contribution in [0.2, 0.25) is 5.02 Å². The molecule has 0 spiro atoms. The first-order valence-corrected chi connectivity index (χ1v) is 10.3. The third-order valence-electron chi connectivity index (χ3n) is 4.08. The average molecular weight is 395 g/mol. The Labute approximate surface area is 158 Å². The molecule has 0 fully saturated rings. The maximum absolute atomic E-state index is 12.8. The molecule has 1 aliphatic heterocycles. The highest BCUT2D eigenvalue weighted by molar-refractivity contribution is 7.88. The predicted octanol–water partition coefficient (Wildman–Crippen LogP) is 2.53. The highest BCUT2D eigenvalue weighted by Crippen LogP contribution is 2.31. The molecule has 0 N–H and O–H groups in total. The Morgan fingerprint density at radius 3 is 2.58 bits per heavy atom. The summed E-state index contributed by atoms with van der Waals surface area (Å²) in [5, 5.41) is 0.570. The molecule has 1 heterocycles. The number of amides is 1. The summed E-state index contributed by atoms with van der Waals surface area (Å²) in [4.78, 5) is 14.4. The molecule has 0 saturated carbocycles. The van der Waals surface area contributed by atoms with E-state index in [-0.39, 0.29) is 19.0 Å². The Bertz CT molecular complexity index is 900. The summed E-state index contributed by atoms with van der Waals surface area (Å²) in [5.74, 6) is 0.329. The monoisotopic (exact) mass is 394 g/mol. The standard InChI is InChI=1S/C18H19ClN2O4S/c1-26(23,24)20(12-14-6-8-15(19)9-7-14)13-18(22)21-10-11-25-17-5-3-2-4-16(17)21/h2-9H,10-13H2,1H3. The first-order chi connectivity index (χ1) is 12.3. The summed E-state index contributed by atoms with van der Waals surface area (Å²) in [6.45, 7) is 0.622. The molecule has 0 radical (unpaired) electrons. The first kappa shape index (κ1) is 18.7. The topological polar surface area (TPSA) is 66.9 Å². The van der Waals surface area contributed by atoms with Gasteiger partial charge in [-0.15, -0.1) is 0 Å². The normalized spacial score (nSPS) is 14.0. The zero-order valence-electron chi connectivity index (χ0n) is 14.3. The van der Waals surface area contributed by atoms with Gasteiger partial charge in [-0.2, -0.15) is 4.31 Å². The smallest absolute Gasteiger partial charge is 0.242 e. The predicted molar refractivity (Wildman–Crippen MR) is 101 cm³/mol. The molecule has 0 aliphatic carbocycles. The van der Waals surface area contributed by atoms with Crippen molar-refractivity contribution < 1.29 is 17.9 Å². The summed E-state index contributed by atoms with van der Waals surface area (Å²) < 4.78 is 31.1. The van der Waals surface area contributed by atoms with Gasteiger partial charge >= 0.3 is 0 Å². The van der Waals surface area contributed by atoms with E-state index < -0.39 is 10.0 Å². The van der Waals surface area contributed by atoms with Crippen molar-refractivity contribution in [1.29, 1.82) is 0 Å². The number of halogens is 1. The Kier molecular flexibility index (Phi) is 5.50. The lowest BCUT2D eigenvalue weighted by Crippen LogP contribution is -2.45. The number of benzene rings is 2. The molecule has 0 saturated heterocycles. The van der Waals surface area contributed by atoms with Crippen molar-refractivity contribution >= 4 is 33.2 Å². The van der Waals surface area contributed by atoms with Crippen LogP contribution < -0.4 is 9.64 Å². The fourth-order valence-electron chi connectivity index (χ4n) is 2.75. The van der Waals surface area contributed by atoms with Gasteiger partial charge in [-0.05, 0) is 29.8 Å². The number of rotatable bonds is 5. The highest BCUT2D eigenvalue weighted by Gasteiger charge is 2.27. The van der Waals surface area contributed by atoms with E-state index in [0.29, 0.717) is 29.6 Å². The Morgan fingerprint density at radius 1 is 1.19 bits per heavy atom. The second-order valence-corrected chi connectivity index (χ2v) is 8.44. The fourth-order valence-corrected chi connectivity index (χ4v) is 3.60. The van der Waals surface area contributed by atoms with Crippen LogP contribution in [-0.4, -0.2) is 44.6 Å². The van der Waals surface area contributed by atoms with Crippen LogP contribution in [0.1, 0.15) is 5.56 Å². The number of hydrogen-bond acceptors (Lipinski definition) is 4. The third-order valence-corrected chi connectivity index (χ3v) is 5.53. The molecule has 3 rings (SSSR count). The number of carbonyl (C=O) groups excluding carboxylic acids is 1. The SMILES string of the molecule is CS(=O)(=O)N(CC(=O)N1CCOc2ccccc21)Cc1ccc(Cl)cc1. The quantitative estimate of drug-likeness (QED) is 0.781. The van der Waals surface area contributed by atoms with Crippen LogP contribution in [-0.2, 0) is 21.4 Å². The molecule has 2 aromatic rings. The molecule has 0 unspecified atom stereocenters. The largest absolute Gasteiger partial charge is 0.490 e. The van der Waals surface area contributed by atoms with Crippen molar-refractivity contribution in [3.8, 4) is 5.75 Å². The Balaban J connectivity index is 1.79. The van der Waals surface area contributed by atoms with Crippen molar-refractivity contribution in [2.45, 2.75) is 6.54 Å². The summed E-state index contributed by atoms with van der Waals surface area (Å²) in [6.07, 6.45) is 1.10. The lowest BCUT2D eigenvalue weighted by molar-refractivity contribution is -0.119. The molecule has 1 amide bonds. The van der Waals surface area contributed by atoms with Crippen LogP contribution in [0.3, 0.4) is 0 Å². The molecule has 0 bridgehead atoms. The van der Waals surface area contributed by atoms with Gasteiger partial charge in [0.05, 0.1) is 25.0 Å². The number of anilines is 1. The minimum Gasteiger partial charge on any atom is -0.490 e. The van der Waals surface area contributed by atoms with E-state index in [2.05, 4.69) is 0 Å². The fraction of sp³-hybridized carbons (Fsp3) is 0.278. The van der Waals surface area contributed by atoms with Crippen molar-refractivity contribution in [3.05, 3.63) is 59.1 Å². The Hall–Kier alpha value is -2.09. The number of fused-ring (bicyclic) bond motifs is 1. The van der Waals surface area contributed by atoms with Crippen molar-refractivity contribution in [3.63, 3.8) is 0 Å². The zero-order chi connectivity index (χ0) is 18.7. The van der Waals surface area contributed by atoms with Gasteiger partial charge in [-0.25, -0.2) is 8.42 Å². The lowest BCUT2D eigenvalue weighted by Gasteiger charge is -2.31. The first-order valence-electron chi connectivity index (χ1n) is 8.06. The van der Waals surface area contributed by atoms with Gasteiger partial charge in [0.15, 0.2) is 0 Å². The van der Waals surface area contributed by atoms with Crippen LogP contribution >= 0.6 is 11.6 Å². The lowest BCUT2D eigenvalue weighted by atomic mass is 10.2. The number of para-hydroxylation sites is 2. The van der Waals surface area contributed by atoms with Gasteiger partial charge in [0.25, 0.3) is 0 Å². The number of carbonyl (C=O) groups is 1. The minimum atomic E-state index is -3.56. The molecule has 138 valence electrons. The van der Waals surface area contributed by atoms with Gasteiger partial charge < -0.3 is 9.64 Å². The molecular weight excluding hydrogens is 376 g/mol. The van der Waals surface area contributed by atoms with Crippen LogP contribution in [0.15, 0.2) is 48.5 Å². The van der Waals surface area contributed by atoms with Crippen molar-refractivity contribution in [1.82, 2.24) is 4.31 Å². The van der Waals surface area contributed by atoms with Gasteiger partial charge in [-0.1, -0.05) is 35.9 Å². The molecule has 26 heavy (non-hydrogen) atoms. The summed E-state index contributed by atoms with van der Waals surface area (Å²) in [7, 11) is -3.56. The van der Waals surface area contributed by atoms with Crippen LogP contribution in [0.4, 0.5) is 5.69 Å². The molecule has 1 aliphatic rings. The molecule has 2 aromatic carbocycles. The minimum absolute atomic E-state index is 0.105. The van der Waals surface area contributed by atoms with Gasteiger partial charge in [-0.3, -0.25) is 4.79 Å². The molecule has 8 heteroatoms. The van der Waals surface area contributed by atoms with E-state index in [1.807, 2.05) is 12.1 Å². The van der Waals surface area contributed by atoms with Crippen LogP contribution in [0.25, 0.3) is 0 Å². The van der Waals surface area contributed by atoms with E-state index in [9.17, 15) is 13.2 Å². The molecule has 0 aromatic heterocycles. The summed E-state index contributed by atoms with van der Waals surface area (Å²) >= 11 is 5.87. The van der Waals surface area contributed by atoms with E-state index in [1.165, 1.54) is 0 Å². The van der Waals surface area contributed by atoms with E-state index in [1.54, 1.807) is 41.3 Å². The Morgan fingerprint density at radius 2 is 1.88 bits per heavy atom. The van der Waals surface area contributed by atoms with Crippen molar-refractivity contribution in [2.75, 3.05) is 30.9 Å². The second kappa shape index (κ2) is 7.65. The van der Waals surface area contributed by atoms with Crippen LogP contribution in [0.5, 0.6) is 5.75 Å². The van der Waals surface area contributed by atoms with E-state index in [0.717, 1.165) is 16.1 Å². The second-order valence-electron chi connectivity index (χ2n) is 6.02. The van der Waals surface area contributed by atoms with Crippen molar-refractivity contribution in [2.24, 2.45) is 0 Å². The maximum atomic E-state index is 12.8. The number of sulfonamides is 1. The zero-order valence-corrected chi connectivity index (χ0v) is 15.8. The maximum Gasteiger partial charge on any atom is 0.242 e. The van der Waals surface area contributed by atoms with Gasteiger partial charge in [0.1, 0.15) is 12.4 Å². The van der Waals surface area contributed by atoms with Crippen LogP contribution in [0, 0.1) is 0 Å². The number of hydrogen-bond donors (Lipinski definition) is 0. The highest BCUT2D eigenvalue weighted by atomic mass is 35.5. The van der Waals surface area contributed by atoms with E-state index in [4.69, 9.17) is 16.3 Å². The van der Waals surface area contributed by atoms with Gasteiger partial charge in [0, 0.05) is 11.6 Å². The van der Waals surface area contributed by atoms with E-state index >= 15 is 0 Å². The number of ether oxygens (including phenoxy) is 1. The molecular formula is C18H19ClN2O4S. The third kappa shape index (κ3) is 4.35. The summed E-state index contributed by atoms with van der Waals surface area (Å²) in [5.41, 5.74) is 1.42. The molecule has 0 atom stereocenters. The molecule has 6 nitrogen and oxygen atoms in total. The number of nitrogens with zero attached hydrogens (tertiary/aromatic N) is 2. The average Bonchev–Trinajstić information content (AvgIpc) is 2.61. The summed E-state index contributed by atoms with van der Waals surface area (Å²) in [6, 6.07) is 14.1.